The van der Waals surface area contributed by atoms with E-state index in [0.717, 1.165) is 57.7 Å². The van der Waals surface area contributed by atoms with Gasteiger partial charge < -0.3 is 9.88 Å². The number of pyridine rings is 2. The van der Waals surface area contributed by atoms with Crippen molar-refractivity contribution >= 4 is 49.9 Å². The van der Waals surface area contributed by atoms with Crippen LogP contribution in [0.15, 0.2) is 55.6 Å². The Balaban J connectivity index is 1.31. The third-order valence-corrected chi connectivity index (χ3v) is 9.10. The molecule has 10 heteroatoms. The number of aromatic amines is 2. The number of aromatic nitrogens is 6. The predicted molar refractivity (Wildman–Crippen MR) is 193 cm³/mol. The fourth-order valence-corrected chi connectivity index (χ4v) is 6.42. The van der Waals surface area contributed by atoms with E-state index in [-0.39, 0.29) is 5.82 Å². The molecule has 3 N–H and O–H groups in total. The van der Waals surface area contributed by atoms with Gasteiger partial charge in [0, 0.05) is 35.9 Å². The molecule has 1 saturated heterocycles. The Kier molecular flexibility index (Phi) is 9.30. The largest absolute Gasteiger partial charge is 0.335 e. The third kappa shape index (κ3) is 7.36. The van der Waals surface area contributed by atoms with Crippen molar-refractivity contribution in [2.75, 3.05) is 25.9 Å². The van der Waals surface area contributed by atoms with E-state index in [1.807, 2.05) is 43.8 Å². The number of fused-ring (bicyclic) bond motifs is 1. The van der Waals surface area contributed by atoms with E-state index in [2.05, 4.69) is 59.2 Å². The van der Waals surface area contributed by atoms with Crippen LogP contribution in [0, 0.1) is 5.82 Å². The highest BCUT2D eigenvalue weighted by Crippen LogP contribution is 2.29. The first-order valence-corrected chi connectivity index (χ1v) is 18.0. The van der Waals surface area contributed by atoms with Gasteiger partial charge >= 0.3 is 0 Å². The number of imidazole rings is 1. The van der Waals surface area contributed by atoms with E-state index in [0.29, 0.717) is 29.1 Å². The van der Waals surface area contributed by atoms with E-state index in [1.54, 1.807) is 12.4 Å². The minimum Gasteiger partial charge on any atom is -0.335 e. The monoisotopic (exact) mass is 636 g/mol. The van der Waals surface area contributed by atoms with Gasteiger partial charge in [-0.15, -0.1) is 0 Å². The minimum atomic E-state index is -1.44. The lowest BCUT2D eigenvalue weighted by atomic mass is 10.0. The number of aryl methyl sites for hydroxylation is 1. The Bertz CT molecular complexity index is 2120. The van der Waals surface area contributed by atoms with Crippen LogP contribution in [-0.4, -0.2) is 72.7 Å². The van der Waals surface area contributed by atoms with Gasteiger partial charge in [-0.05, 0) is 117 Å². The summed E-state index contributed by atoms with van der Waals surface area (Å²) in [6.45, 7) is 10.4. The van der Waals surface area contributed by atoms with E-state index in [4.69, 9.17) is 4.98 Å². The van der Waals surface area contributed by atoms with Crippen LogP contribution in [0.1, 0.15) is 42.9 Å². The lowest BCUT2D eigenvalue weighted by Crippen LogP contribution is -2.23. The zero-order chi connectivity index (χ0) is 32.3. The molecule has 0 spiro atoms. The number of allylic oxidation sites excluding steroid dienone is 1. The normalized spacial score (nSPS) is 14.9. The molecule has 4 aromatic heterocycles. The number of likely N-dealkylation sites (tertiary alicyclic amines) is 1. The number of hydrogen-bond acceptors (Lipinski definition) is 6. The Morgan fingerprint density at radius 2 is 1.87 bits per heavy atom. The highest BCUT2D eigenvalue weighted by atomic mass is 32.2. The second-order valence-electron chi connectivity index (χ2n) is 12.2. The zero-order valence-corrected chi connectivity index (χ0v) is 27.4. The van der Waals surface area contributed by atoms with Crippen molar-refractivity contribution in [1.82, 2.24) is 39.8 Å². The number of nitrogens with one attached hydrogen (secondary N) is 3. The molecule has 0 amide bonds. The predicted octanol–water partition coefficient (Wildman–Crippen LogP) is 5.17. The minimum absolute atomic E-state index is 0.331. The lowest BCUT2D eigenvalue weighted by molar-refractivity contribution is 0.334. The number of rotatable bonds is 11. The van der Waals surface area contributed by atoms with Crippen LogP contribution in [0.3, 0.4) is 0 Å². The quantitative estimate of drug-likeness (QED) is 0.173. The second-order valence-corrected chi connectivity index (χ2v) is 15.0. The highest BCUT2D eigenvalue weighted by molar-refractivity contribution is 8.25. The molecule has 1 aliphatic heterocycles. The van der Waals surface area contributed by atoms with Crippen molar-refractivity contribution < 1.29 is 4.39 Å². The van der Waals surface area contributed by atoms with E-state index >= 15 is 0 Å². The van der Waals surface area contributed by atoms with Crippen molar-refractivity contribution in [2.24, 2.45) is 0 Å². The summed E-state index contributed by atoms with van der Waals surface area (Å²) in [6, 6.07) is 7.16. The topological polar surface area (TPSA) is 98.4 Å². The van der Waals surface area contributed by atoms with Crippen molar-refractivity contribution in [3.05, 3.63) is 88.7 Å². The van der Waals surface area contributed by atoms with Crippen LogP contribution in [0.2, 0.25) is 0 Å². The van der Waals surface area contributed by atoms with Crippen LogP contribution < -0.4 is 15.3 Å². The molecule has 5 aromatic rings. The first kappa shape index (κ1) is 31.6. The van der Waals surface area contributed by atoms with Gasteiger partial charge in [0.1, 0.15) is 11.5 Å². The van der Waals surface area contributed by atoms with E-state index < -0.39 is 9.39 Å². The Hall–Kier alpha value is -4.38. The molecule has 0 radical (unpaired) electrons. The summed E-state index contributed by atoms with van der Waals surface area (Å²) in [5.74, 6) is 8.36. The standard InChI is InChI=1S/C36H41FN8S/c1-6-32-30(14-24(2)28-15-25(19-38-21-28)10-9-13-45-11-7-8-12-45)35(44-43-32)36-41-33-23-39-22-31(34(33)42-36)27-16-26(17-29(37)18-27)20-40-46(3,4)5/h6,14-19,21-23,40,43H,2-4,7-13,20H2,1,5H3,(H,41,42)/b30-14+,32-6+. The number of hydrogen-bond donors (Lipinski definition) is 3. The molecule has 0 atom stereocenters. The molecule has 0 aliphatic carbocycles. The summed E-state index contributed by atoms with van der Waals surface area (Å²) in [7, 11) is -1.44. The Morgan fingerprint density at radius 3 is 2.65 bits per heavy atom. The molecule has 1 aliphatic rings. The third-order valence-electron chi connectivity index (χ3n) is 8.26. The summed E-state index contributed by atoms with van der Waals surface area (Å²) in [4.78, 5) is 19.8. The number of nitrogens with zero attached hydrogens (tertiary/aromatic N) is 5. The summed E-state index contributed by atoms with van der Waals surface area (Å²) in [5, 5.41) is 9.50. The maximum atomic E-state index is 14.8. The van der Waals surface area contributed by atoms with Crippen LogP contribution in [0.25, 0.3) is 51.4 Å². The molecular formula is C36H41FN8S. The maximum absolute atomic E-state index is 14.8. The van der Waals surface area contributed by atoms with Gasteiger partial charge in [-0.2, -0.15) is 14.5 Å². The molecule has 46 heavy (non-hydrogen) atoms. The first-order chi connectivity index (χ1) is 22.2. The van der Waals surface area contributed by atoms with E-state index in [9.17, 15) is 4.39 Å². The van der Waals surface area contributed by atoms with Crippen LogP contribution in [-0.2, 0) is 13.0 Å². The highest BCUT2D eigenvalue weighted by Gasteiger charge is 2.16. The molecule has 0 saturated carbocycles. The van der Waals surface area contributed by atoms with Gasteiger partial charge in [-0.25, -0.2) is 9.37 Å². The number of halogens is 1. The van der Waals surface area contributed by atoms with Crippen LogP contribution in [0.5, 0.6) is 0 Å². The van der Waals surface area contributed by atoms with Gasteiger partial charge in [0.2, 0.25) is 0 Å². The summed E-state index contributed by atoms with van der Waals surface area (Å²) in [5.41, 5.74) is 7.29. The number of benzene rings is 1. The van der Waals surface area contributed by atoms with Gasteiger partial charge in [0.05, 0.1) is 22.6 Å². The fraction of sp³-hybridized carbons (Fsp3) is 0.278. The fourth-order valence-electron chi connectivity index (χ4n) is 5.90. The Morgan fingerprint density at radius 1 is 1.07 bits per heavy atom. The molecule has 238 valence electrons. The van der Waals surface area contributed by atoms with Crippen molar-refractivity contribution in [3.63, 3.8) is 0 Å². The zero-order valence-electron chi connectivity index (χ0n) is 26.6. The smallest absolute Gasteiger partial charge is 0.159 e. The molecule has 6 rings (SSSR count). The SMILES string of the molecule is C=C(/C=c1/c(-c2nc3c(-c4cc(F)cc(CNS(=C)(=C)C)c4)cncc3[nH]2)n[nH]/c1=C/C)c1cncc(CCCN2CCCC2)c1. The second kappa shape index (κ2) is 13.5. The molecule has 0 unspecified atom stereocenters. The molecule has 8 nitrogen and oxygen atoms in total. The molecule has 5 heterocycles. The summed E-state index contributed by atoms with van der Waals surface area (Å²) >= 11 is 0. The molecule has 0 bridgehead atoms. The van der Waals surface area contributed by atoms with Gasteiger partial charge in [-0.1, -0.05) is 24.4 Å². The average molecular weight is 637 g/mol. The molecular weight excluding hydrogens is 596 g/mol. The molecule has 1 aromatic carbocycles. The average Bonchev–Trinajstić information content (AvgIpc) is 3.79. The first-order valence-electron chi connectivity index (χ1n) is 15.6. The summed E-state index contributed by atoms with van der Waals surface area (Å²) in [6.07, 6.45) is 17.9. The van der Waals surface area contributed by atoms with E-state index in [1.165, 1.54) is 43.6 Å². The number of H-pyrrole nitrogens is 2. The van der Waals surface area contributed by atoms with Crippen LogP contribution >= 0.6 is 9.39 Å². The van der Waals surface area contributed by atoms with Crippen LogP contribution in [0.4, 0.5) is 4.39 Å². The van der Waals surface area contributed by atoms with Gasteiger partial charge in [0.15, 0.2) is 5.82 Å². The van der Waals surface area contributed by atoms with Crippen molar-refractivity contribution in [1.29, 1.82) is 0 Å². The van der Waals surface area contributed by atoms with Gasteiger partial charge in [0.25, 0.3) is 0 Å². The van der Waals surface area contributed by atoms with Crippen molar-refractivity contribution in [3.8, 4) is 22.6 Å². The lowest BCUT2D eigenvalue weighted by Gasteiger charge is -2.14. The Labute approximate surface area is 269 Å². The maximum Gasteiger partial charge on any atom is 0.159 e. The van der Waals surface area contributed by atoms with Crippen molar-refractivity contribution in [2.45, 2.75) is 39.2 Å². The van der Waals surface area contributed by atoms with Gasteiger partial charge in [-0.3, -0.25) is 19.8 Å². The summed E-state index contributed by atoms with van der Waals surface area (Å²) < 4.78 is 18.1. The molecule has 1 fully saturated rings.